The van der Waals surface area contributed by atoms with Crippen LogP contribution in [0.2, 0.25) is 0 Å². The molecule has 1 saturated heterocycles. The predicted molar refractivity (Wildman–Crippen MR) is 95.6 cm³/mol. The molecule has 0 amide bonds. The molecule has 1 fully saturated rings. The molecule has 0 radical (unpaired) electrons. The van der Waals surface area contributed by atoms with Gasteiger partial charge in [-0.15, -0.1) is 11.3 Å². The number of rotatable bonds is 2. The standard InChI is InChI=1S/C17H16BrN3S/c1-11-20-15(10-22-11)17-3-2-8-21(17)16-6-7-19-14-5-4-12(18)9-13(14)16/h4-7,9-10,17H,2-3,8H2,1H3/t17-/m1/s1. The molecular formula is C17H16BrN3S. The van der Waals surface area contributed by atoms with Crippen molar-refractivity contribution in [3.8, 4) is 0 Å². The molecule has 5 heteroatoms. The van der Waals surface area contributed by atoms with Gasteiger partial charge in [-0.1, -0.05) is 15.9 Å². The van der Waals surface area contributed by atoms with Crippen molar-refractivity contribution in [2.45, 2.75) is 25.8 Å². The van der Waals surface area contributed by atoms with Gasteiger partial charge in [0.05, 0.1) is 22.3 Å². The Balaban J connectivity index is 1.82. The van der Waals surface area contributed by atoms with E-state index < -0.39 is 0 Å². The molecule has 1 aliphatic rings. The molecule has 3 nitrogen and oxygen atoms in total. The Hall–Kier alpha value is -1.46. The number of anilines is 1. The van der Waals surface area contributed by atoms with Crippen LogP contribution in [0.4, 0.5) is 5.69 Å². The fourth-order valence-electron chi connectivity index (χ4n) is 3.25. The van der Waals surface area contributed by atoms with Gasteiger partial charge in [-0.3, -0.25) is 4.98 Å². The van der Waals surface area contributed by atoms with Crippen molar-refractivity contribution in [2.24, 2.45) is 0 Å². The first-order valence-corrected chi connectivity index (χ1v) is 9.12. The lowest BCUT2D eigenvalue weighted by Crippen LogP contribution is -2.23. The van der Waals surface area contributed by atoms with Gasteiger partial charge < -0.3 is 4.90 Å². The second-order valence-electron chi connectivity index (χ2n) is 5.63. The Morgan fingerprint density at radius 3 is 3.05 bits per heavy atom. The average molecular weight is 374 g/mol. The molecular weight excluding hydrogens is 358 g/mol. The Bertz CT molecular complexity index is 830. The lowest BCUT2D eigenvalue weighted by Gasteiger charge is -2.27. The topological polar surface area (TPSA) is 29.0 Å². The third kappa shape index (κ3) is 2.42. The summed E-state index contributed by atoms with van der Waals surface area (Å²) < 4.78 is 1.09. The van der Waals surface area contributed by atoms with Crippen molar-refractivity contribution in [1.29, 1.82) is 0 Å². The smallest absolute Gasteiger partial charge is 0.0898 e. The van der Waals surface area contributed by atoms with Crippen molar-refractivity contribution < 1.29 is 0 Å². The van der Waals surface area contributed by atoms with E-state index in [1.807, 2.05) is 12.3 Å². The Morgan fingerprint density at radius 1 is 1.32 bits per heavy atom. The fourth-order valence-corrected chi connectivity index (χ4v) is 4.27. The molecule has 3 heterocycles. The van der Waals surface area contributed by atoms with Crippen molar-refractivity contribution in [2.75, 3.05) is 11.4 Å². The van der Waals surface area contributed by atoms with Crippen LogP contribution in [0.25, 0.3) is 10.9 Å². The van der Waals surface area contributed by atoms with Crippen molar-refractivity contribution in [1.82, 2.24) is 9.97 Å². The van der Waals surface area contributed by atoms with E-state index in [1.54, 1.807) is 11.3 Å². The number of fused-ring (bicyclic) bond motifs is 1. The number of thiazole rings is 1. The second kappa shape index (κ2) is 5.63. The van der Waals surface area contributed by atoms with E-state index in [0.717, 1.165) is 21.5 Å². The number of nitrogens with zero attached hydrogens (tertiary/aromatic N) is 3. The Morgan fingerprint density at radius 2 is 2.23 bits per heavy atom. The quantitative estimate of drug-likeness (QED) is 0.625. The van der Waals surface area contributed by atoms with Crippen LogP contribution in [-0.2, 0) is 0 Å². The lowest BCUT2D eigenvalue weighted by molar-refractivity contribution is 0.699. The van der Waals surface area contributed by atoms with Crippen LogP contribution < -0.4 is 4.90 Å². The van der Waals surface area contributed by atoms with Gasteiger partial charge in [-0.25, -0.2) is 4.98 Å². The van der Waals surface area contributed by atoms with Crippen molar-refractivity contribution in [3.05, 3.63) is 51.0 Å². The average Bonchev–Trinajstić information content (AvgIpc) is 3.15. The van der Waals surface area contributed by atoms with Gasteiger partial charge in [0, 0.05) is 33.7 Å². The van der Waals surface area contributed by atoms with Crippen LogP contribution in [0.15, 0.2) is 40.3 Å². The molecule has 4 rings (SSSR count). The minimum Gasteiger partial charge on any atom is -0.362 e. The first-order valence-electron chi connectivity index (χ1n) is 7.45. The van der Waals surface area contributed by atoms with Gasteiger partial charge in [-0.05, 0) is 44.0 Å². The molecule has 0 saturated carbocycles. The highest BCUT2D eigenvalue weighted by Crippen LogP contribution is 2.39. The second-order valence-corrected chi connectivity index (χ2v) is 7.61. The van der Waals surface area contributed by atoms with Gasteiger partial charge in [-0.2, -0.15) is 0 Å². The van der Waals surface area contributed by atoms with Gasteiger partial charge >= 0.3 is 0 Å². The maximum atomic E-state index is 4.72. The molecule has 0 bridgehead atoms. The van der Waals surface area contributed by atoms with E-state index in [9.17, 15) is 0 Å². The number of hydrogen-bond acceptors (Lipinski definition) is 4. The van der Waals surface area contributed by atoms with E-state index in [-0.39, 0.29) is 0 Å². The Kier molecular flexibility index (Phi) is 3.62. The first kappa shape index (κ1) is 14.2. The summed E-state index contributed by atoms with van der Waals surface area (Å²) in [7, 11) is 0. The molecule has 0 N–H and O–H groups in total. The van der Waals surface area contributed by atoms with Crippen molar-refractivity contribution >= 4 is 43.9 Å². The van der Waals surface area contributed by atoms with E-state index in [2.05, 4.69) is 56.3 Å². The lowest BCUT2D eigenvalue weighted by atomic mass is 10.1. The van der Waals surface area contributed by atoms with Crippen LogP contribution in [0.1, 0.15) is 29.6 Å². The van der Waals surface area contributed by atoms with E-state index in [1.165, 1.54) is 29.6 Å². The number of aryl methyl sites for hydroxylation is 1. The molecule has 2 aromatic heterocycles. The van der Waals surface area contributed by atoms with Crippen LogP contribution >= 0.6 is 27.3 Å². The zero-order valence-electron chi connectivity index (χ0n) is 12.3. The summed E-state index contributed by atoms with van der Waals surface area (Å²) in [5.74, 6) is 0. The summed E-state index contributed by atoms with van der Waals surface area (Å²) in [6.07, 6.45) is 4.29. The van der Waals surface area contributed by atoms with E-state index in [4.69, 9.17) is 4.98 Å². The van der Waals surface area contributed by atoms with Gasteiger partial charge in [0.2, 0.25) is 0 Å². The van der Waals surface area contributed by atoms with Gasteiger partial charge in [0.15, 0.2) is 0 Å². The van der Waals surface area contributed by atoms with E-state index in [0.29, 0.717) is 6.04 Å². The maximum Gasteiger partial charge on any atom is 0.0898 e. The normalized spacial score (nSPS) is 18.3. The molecule has 1 aromatic carbocycles. The Labute approximate surface area is 142 Å². The summed E-state index contributed by atoms with van der Waals surface area (Å²) in [6, 6.07) is 8.80. The summed E-state index contributed by atoms with van der Waals surface area (Å²) in [6.45, 7) is 3.15. The monoisotopic (exact) mass is 373 g/mol. The van der Waals surface area contributed by atoms with E-state index >= 15 is 0 Å². The van der Waals surface area contributed by atoms with Crippen molar-refractivity contribution in [3.63, 3.8) is 0 Å². The molecule has 0 unspecified atom stereocenters. The molecule has 0 spiro atoms. The fraction of sp³-hybridized carbons (Fsp3) is 0.294. The third-order valence-corrected chi connectivity index (χ3v) is 5.51. The molecule has 22 heavy (non-hydrogen) atoms. The minimum atomic E-state index is 0.384. The number of pyridine rings is 1. The van der Waals surface area contributed by atoms with Gasteiger partial charge in [0.1, 0.15) is 0 Å². The molecule has 1 aliphatic heterocycles. The zero-order valence-corrected chi connectivity index (χ0v) is 14.7. The minimum absolute atomic E-state index is 0.384. The third-order valence-electron chi connectivity index (χ3n) is 4.22. The summed E-state index contributed by atoms with van der Waals surface area (Å²) >= 11 is 5.32. The molecule has 0 aliphatic carbocycles. The van der Waals surface area contributed by atoms with Gasteiger partial charge in [0.25, 0.3) is 0 Å². The number of benzene rings is 1. The van der Waals surface area contributed by atoms with Crippen LogP contribution in [0.5, 0.6) is 0 Å². The summed E-state index contributed by atoms with van der Waals surface area (Å²) in [4.78, 5) is 11.7. The van der Waals surface area contributed by atoms with Crippen LogP contribution in [0, 0.1) is 6.92 Å². The van der Waals surface area contributed by atoms with Crippen LogP contribution in [-0.4, -0.2) is 16.5 Å². The highest BCUT2D eigenvalue weighted by Gasteiger charge is 2.29. The molecule has 112 valence electrons. The first-order chi connectivity index (χ1) is 10.7. The number of hydrogen-bond donors (Lipinski definition) is 0. The van der Waals surface area contributed by atoms with Crippen LogP contribution in [0.3, 0.4) is 0 Å². The largest absolute Gasteiger partial charge is 0.362 e. The highest BCUT2D eigenvalue weighted by molar-refractivity contribution is 9.10. The highest BCUT2D eigenvalue weighted by atomic mass is 79.9. The predicted octanol–water partition coefficient (Wildman–Crippen LogP) is 5.10. The zero-order chi connectivity index (χ0) is 15.1. The summed E-state index contributed by atoms with van der Waals surface area (Å²) in [5.41, 5.74) is 3.51. The number of aromatic nitrogens is 2. The number of halogens is 1. The maximum absolute atomic E-state index is 4.72. The SMILES string of the molecule is Cc1nc([C@H]2CCCN2c2ccnc3ccc(Br)cc23)cs1. The molecule has 3 aromatic rings. The molecule has 1 atom stereocenters. The summed E-state index contributed by atoms with van der Waals surface area (Å²) in [5, 5.41) is 4.55.